The molecule has 0 aliphatic heterocycles. The molecule has 0 radical (unpaired) electrons. The highest BCUT2D eigenvalue weighted by Crippen LogP contribution is 2.17. The van der Waals surface area contributed by atoms with Crippen molar-refractivity contribution >= 4 is 23.6 Å². The molecule has 5 heteroatoms. The number of aliphatic carboxylic acids is 1. The number of carboxylic acid groups (broad SMARTS) is 1. The molecule has 18 heavy (non-hydrogen) atoms. The van der Waals surface area contributed by atoms with E-state index in [-0.39, 0.29) is 11.7 Å². The molecule has 0 fully saturated rings. The SMILES string of the molecule is CC[C@@H](NC(=O)CSc1ccc(C)cc1)C(=O)O. The maximum Gasteiger partial charge on any atom is 0.326 e. The van der Waals surface area contributed by atoms with Crippen molar-refractivity contribution in [3.63, 3.8) is 0 Å². The molecule has 4 nitrogen and oxygen atoms in total. The van der Waals surface area contributed by atoms with Gasteiger partial charge in [-0.2, -0.15) is 0 Å². The Morgan fingerprint density at radius 3 is 2.44 bits per heavy atom. The summed E-state index contributed by atoms with van der Waals surface area (Å²) in [6.07, 6.45) is 0.385. The number of carboxylic acids is 1. The third-order valence-corrected chi connectivity index (χ3v) is 3.44. The van der Waals surface area contributed by atoms with E-state index >= 15 is 0 Å². The Balaban J connectivity index is 2.41. The largest absolute Gasteiger partial charge is 0.480 e. The van der Waals surface area contributed by atoms with Gasteiger partial charge in [-0.15, -0.1) is 11.8 Å². The van der Waals surface area contributed by atoms with Gasteiger partial charge in [0.15, 0.2) is 0 Å². The van der Waals surface area contributed by atoms with Crippen LogP contribution in [0.2, 0.25) is 0 Å². The zero-order chi connectivity index (χ0) is 13.5. The predicted octanol–water partition coefficient (Wildman–Crippen LogP) is 2.07. The lowest BCUT2D eigenvalue weighted by Crippen LogP contribution is -2.41. The summed E-state index contributed by atoms with van der Waals surface area (Å²) in [5.74, 6) is -1.02. The molecule has 98 valence electrons. The summed E-state index contributed by atoms with van der Waals surface area (Å²) in [5, 5.41) is 11.3. The summed E-state index contributed by atoms with van der Waals surface area (Å²) < 4.78 is 0. The number of benzene rings is 1. The van der Waals surface area contributed by atoms with Gasteiger partial charge < -0.3 is 10.4 Å². The number of hydrogen-bond acceptors (Lipinski definition) is 3. The van der Waals surface area contributed by atoms with Crippen molar-refractivity contribution in [3.8, 4) is 0 Å². The minimum atomic E-state index is -0.994. The summed E-state index contributed by atoms with van der Waals surface area (Å²) in [6, 6.07) is 7.05. The summed E-state index contributed by atoms with van der Waals surface area (Å²) in [4.78, 5) is 23.3. The smallest absolute Gasteiger partial charge is 0.326 e. The fourth-order valence-corrected chi connectivity index (χ4v) is 2.07. The van der Waals surface area contributed by atoms with Crippen LogP contribution in [0.5, 0.6) is 0 Å². The quantitative estimate of drug-likeness (QED) is 0.774. The molecule has 2 N–H and O–H groups in total. The van der Waals surface area contributed by atoms with E-state index in [1.165, 1.54) is 17.3 Å². The summed E-state index contributed by atoms with van der Waals surface area (Å²) in [7, 11) is 0. The van der Waals surface area contributed by atoms with E-state index in [4.69, 9.17) is 5.11 Å². The maximum atomic E-state index is 11.6. The molecule has 1 aromatic rings. The average molecular weight is 267 g/mol. The fraction of sp³-hybridized carbons (Fsp3) is 0.385. The number of nitrogens with one attached hydrogen (secondary N) is 1. The van der Waals surface area contributed by atoms with Crippen LogP contribution in [0, 0.1) is 6.92 Å². The van der Waals surface area contributed by atoms with Crippen LogP contribution in [0.4, 0.5) is 0 Å². The van der Waals surface area contributed by atoms with E-state index in [2.05, 4.69) is 5.32 Å². The van der Waals surface area contributed by atoms with Gasteiger partial charge in [0.1, 0.15) is 6.04 Å². The minimum absolute atomic E-state index is 0.229. The molecule has 0 saturated heterocycles. The first-order valence-electron chi connectivity index (χ1n) is 5.74. The van der Waals surface area contributed by atoms with Gasteiger partial charge in [-0.25, -0.2) is 4.79 Å². The van der Waals surface area contributed by atoms with Crippen molar-refractivity contribution < 1.29 is 14.7 Å². The molecule has 0 spiro atoms. The Morgan fingerprint density at radius 2 is 1.94 bits per heavy atom. The number of hydrogen-bond donors (Lipinski definition) is 2. The molecule has 0 aliphatic carbocycles. The van der Waals surface area contributed by atoms with Gasteiger partial charge in [0.25, 0.3) is 0 Å². The van der Waals surface area contributed by atoms with Crippen LogP contribution in [0.3, 0.4) is 0 Å². The zero-order valence-corrected chi connectivity index (χ0v) is 11.3. The number of carbonyl (C=O) groups excluding carboxylic acids is 1. The molecule has 0 aliphatic rings. The van der Waals surface area contributed by atoms with Gasteiger partial charge in [0.05, 0.1) is 5.75 Å². The second-order valence-corrected chi connectivity index (χ2v) is 5.02. The van der Waals surface area contributed by atoms with Crippen LogP contribution in [-0.4, -0.2) is 28.8 Å². The lowest BCUT2D eigenvalue weighted by molar-refractivity contribution is -0.141. The number of carbonyl (C=O) groups is 2. The Labute approximate surface area is 111 Å². The first-order chi connectivity index (χ1) is 8.52. The Morgan fingerprint density at radius 1 is 1.33 bits per heavy atom. The second-order valence-electron chi connectivity index (χ2n) is 3.97. The predicted molar refractivity (Wildman–Crippen MR) is 71.8 cm³/mol. The molecule has 1 amide bonds. The van der Waals surface area contributed by atoms with Gasteiger partial charge in [-0.1, -0.05) is 24.6 Å². The second kappa shape index (κ2) is 7.06. The highest BCUT2D eigenvalue weighted by molar-refractivity contribution is 8.00. The van der Waals surface area contributed by atoms with E-state index in [1.54, 1.807) is 6.92 Å². The summed E-state index contributed by atoms with van der Waals surface area (Å²) in [5.41, 5.74) is 1.17. The van der Waals surface area contributed by atoms with Crippen molar-refractivity contribution in [2.75, 3.05) is 5.75 Å². The summed E-state index contributed by atoms with van der Waals surface area (Å²) >= 11 is 1.40. The average Bonchev–Trinajstić information content (AvgIpc) is 2.35. The molecule has 1 atom stereocenters. The van der Waals surface area contributed by atoms with Gasteiger partial charge in [0.2, 0.25) is 5.91 Å². The molecule has 0 saturated carbocycles. The molecule has 1 rings (SSSR count). The number of amides is 1. The highest BCUT2D eigenvalue weighted by Gasteiger charge is 2.17. The van der Waals surface area contributed by atoms with Crippen LogP contribution >= 0.6 is 11.8 Å². The third kappa shape index (κ3) is 4.79. The molecular weight excluding hydrogens is 250 g/mol. The van der Waals surface area contributed by atoms with E-state index in [9.17, 15) is 9.59 Å². The number of rotatable bonds is 6. The molecule has 0 unspecified atom stereocenters. The number of aryl methyl sites for hydroxylation is 1. The first-order valence-corrected chi connectivity index (χ1v) is 6.73. The van der Waals surface area contributed by atoms with Crippen molar-refractivity contribution in [3.05, 3.63) is 29.8 Å². The Bertz CT molecular complexity index is 417. The van der Waals surface area contributed by atoms with Crippen molar-refractivity contribution in [1.29, 1.82) is 0 Å². The maximum absolute atomic E-state index is 11.6. The van der Waals surface area contributed by atoms with E-state index in [1.807, 2.05) is 31.2 Å². The van der Waals surface area contributed by atoms with Gasteiger partial charge in [0, 0.05) is 4.90 Å². The monoisotopic (exact) mass is 267 g/mol. The van der Waals surface area contributed by atoms with Crippen LogP contribution in [0.1, 0.15) is 18.9 Å². The standard InChI is InChI=1S/C13H17NO3S/c1-3-11(13(16)17)14-12(15)8-18-10-6-4-9(2)5-7-10/h4-7,11H,3,8H2,1-2H3,(H,14,15)(H,16,17)/t11-/m1/s1. The zero-order valence-electron chi connectivity index (χ0n) is 10.5. The van der Waals surface area contributed by atoms with Crippen LogP contribution in [0.25, 0.3) is 0 Å². The first kappa shape index (κ1) is 14.6. The van der Waals surface area contributed by atoms with E-state index in [0.717, 1.165) is 4.90 Å². The molecule has 0 heterocycles. The van der Waals surface area contributed by atoms with Gasteiger partial charge >= 0.3 is 5.97 Å². The van der Waals surface area contributed by atoms with Crippen LogP contribution < -0.4 is 5.32 Å². The van der Waals surface area contributed by atoms with Crippen LogP contribution in [-0.2, 0) is 9.59 Å². The number of thioether (sulfide) groups is 1. The Hall–Kier alpha value is -1.49. The normalized spacial score (nSPS) is 11.9. The lowest BCUT2D eigenvalue weighted by Gasteiger charge is -2.11. The van der Waals surface area contributed by atoms with Gasteiger partial charge in [-0.05, 0) is 25.5 Å². The van der Waals surface area contributed by atoms with E-state index in [0.29, 0.717) is 6.42 Å². The molecule has 0 aromatic heterocycles. The van der Waals surface area contributed by atoms with Crippen molar-refractivity contribution in [2.24, 2.45) is 0 Å². The van der Waals surface area contributed by atoms with E-state index < -0.39 is 12.0 Å². The Kier molecular flexibility index (Phi) is 5.71. The molecular formula is C13H17NO3S. The van der Waals surface area contributed by atoms with Crippen LogP contribution in [0.15, 0.2) is 29.2 Å². The fourth-order valence-electron chi connectivity index (χ4n) is 1.36. The highest BCUT2D eigenvalue weighted by atomic mass is 32.2. The van der Waals surface area contributed by atoms with Gasteiger partial charge in [-0.3, -0.25) is 4.79 Å². The third-order valence-electron chi connectivity index (χ3n) is 2.43. The molecule has 0 bridgehead atoms. The lowest BCUT2D eigenvalue weighted by atomic mass is 10.2. The minimum Gasteiger partial charge on any atom is -0.480 e. The molecule has 1 aromatic carbocycles. The summed E-state index contributed by atoms with van der Waals surface area (Å²) in [6.45, 7) is 3.73. The topological polar surface area (TPSA) is 66.4 Å². The van der Waals surface area contributed by atoms with Crippen molar-refractivity contribution in [2.45, 2.75) is 31.2 Å². The van der Waals surface area contributed by atoms with Crippen molar-refractivity contribution in [1.82, 2.24) is 5.32 Å².